The van der Waals surface area contributed by atoms with E-state index < -0.39 is 42.9 Å². The van der Waals surface area contributed by atoms with Gasteiger partial charge in [-0.2, -0.15) is 4.98 Å². The highest BCUT2D eigenvalue weighted by Crippen LogP contribution is 2.53. The molecule has 4 aliphatic rings. The number of anilines is 2. The summed E-state index contributed by atoms with van der Waals surface area (Å²) in [5.41, 5.74) is 2.45. The lowest BCUT2D eigenvalue weighted by Gasteiger charge is -2.58. The number of amides is 1. The number of nitrogens with zero attached hydrogens (tertiary/aromatic N) is 6. The molecule has 2 saturated carbocycles. The maximum Gasteiger partial charge on any atom is 0.312 e. The highest BCUT2D eigenvalue weighted by atomic mass is 32.2. The smallest absolute Gasteiger partial charge is 0.312 e. The number of carbonyl (C=O) groups is 1. The van der Waals surface area contributed by atoms with Crippen molar-refractivity contribution in [2.45, 2.75) is 108 Å². The molecule has 3 aromatic heterocycles. The minimum atomic E-state index is -4.74. The van der Waals surface area contributed by atoms with Gasteiger partial charge in [0.05, 0.1) is 40.9 Å². The van der Waals surface area contributed by atoms with Crippen molar-refractivity contribution in [1.82, 2.24) is 29.5 Å². The van der Waals surface area contributed by atoms with E-state index in [-0.39, 0.29) is 57.7 Å². The van der Waals surface area contributed by atoms with Crippen molar-refractivity contribution in [3.05, 3.63) is 99.6 Å². The molecule has 5 heterocycles. The second-order valence-electron chi connectivity index (χ2n) is 21.0. The van der Waals surface area contributed by atoms with Gasteiger partial charge in [0, 0.05) is 95.1 Å². The van der Waals surface area contributed by atoms with Crippen molar-refractivity contribution in [2.24, 2.45) is 11.3 Å². The minimum absolute atomic E-state index is 0.00427. The van der Waals surface area contributed by atoms with Crippen LogP contribution in [-0.4, -0.2) is 127 Å². The maximum absolute atomic E-state index is 15.0. The van der Waals surface area contributed by atoms with E-state index in [1.165, 1.54) is 23.3 Å². The van der Waals surface area contributed by atoms with E-state index in [2.05, 4.69) is 77.8 Å². The summed E-state index contributed by atoms with van der Waals surface area (Å²) in [5.74, 6) is -1.25. The third-order valence-corrected chi connectivity index (χ3v) is 17.0. The van der Waals surface area contributed by atoms with E-state index in [0.717, 1.165) is 89.1 Å². The molecule has 1 amide bonds. The third-order valence-electron chi connectivity index (χ3n) is 15.7. The van der Waals surface area contributed by atoms with Crippen molar-refractivity contribution < 1.29 is 41.8 Å². The summed E-state index contributed by atoms with van der Waals surface area (Å²) in [6.45, 7) is 14.7. The van der Waals surface area contributed by atoms with E-state index in [1.54, 1.807) is 33.1 Å². The van der Waals surface area contributed by atoms with Crippen LogP contribution in [0.25, 0.3) is 11.0 Å². The lowest BCUT2D eigenvalue weighted by Crippen LogP contribution is -2.60. The first-order valence-electron chi connectivity index (χ1n) is 25.6. The number of hydrogen-bond donors (Lipinski definition) is 4. The zero-order chi connectivity index (χ0) is 51.7. The van der Waals surface area contributed by atoms with Gasteiger partial charge in [-0.05, 0) is 106 Å². The van der Waals surface area contributed by atoms with Gasteiger partial charge in [-0.25, -0.2) is 22.5 Å². The first-order chi connectivity index (χ1) is 34.9. The molecule has 0 unspecified atom stereocenters. The monoisotopic (exact) mass is 1030 g/mol. The molecular weight excluding hydrogens is 958 g/mol. The van der Waals surface area contributed by atoms with Crippen LogP contribution in [0.15, 0.2) is 71.9 Å². The number of aromatic nitrogens is 3. The molecule has 1 atom stereocenters. The Morgan fingerprint density at radius 1 is 1.04 bits per heavy atom. The maximum atomic E-state index is 15.0. The topological polar surface area (TPSA) is 218 Å². The number of nitrogens with one attached hydrogen (secondary N) is 3. The summed E-state index contributed by atoms with van der Waals surface area (Å²) in [4.78, 5) is 43.9. The standard InChI is InChI=1S/C53H68FN9O9S/c1-6-71-51-47(27-42-43(54)32-57-48(42)58-51)72-46-25-36(11-12-41(46)50(64)59-73(68,69)38-26-44(63(66)67)49(56-31-38)55-30-35-13-15-52(4,65)16-14-35)61-19-17-53(18-20-61)28-37(29-53)62-22-21-60(23-24-70-5)33-45(62)40-10-8-7-9-39(40)34(2)3/h7-12,25-27,31-32,34-35,37,45,65H,6,13-24,28-30,33H2,1-5H3,(H,55,56)(H,57,58)(H,59,64)/t35?,45-,52?/m0/s1. The zero-order valence-electron chi connectivity index (χ0n) is 42.4. The fraction of sp³-hybridized carbons (Fsp3) is 0.528. The van der Waals surface area contributed by atoms with E-state index in [1.807, 2.05) is 0 Å². The van der Waals surface area contributed by atoms with Gasteiger partial charge < -0.3 is 34.5 Å². The number of carbonyl (C=O) groups excluding carboxylic acids is 1. The van der Waals surface area contributed by atoms with Gasteiger partial charge in [-0.1, -0.05) is 38.1 Å². The molecular formula is C53H68FN9O9S. The number of ether oxygens (including phenoxy) is 3. The van der Waals surface area contributed by atoms with Crippen molar-refractivity contribution in [2.75, 3.05) is 76.4 Å². The number of rotatable bonds is 18. The zero-order valence-corrected chi connectivity index (χ0v) is 43.2. The molecule has 0 bridgehead atoms. The molecule has 73 heavy (non-hydrogen) atoms. The molecule has 2 aliphatic carbocycles. The molecule has 1 spiro atoms. The van der Waals surface area contributed by atoms with E-state index in [4.69, 9.17) is 14.2 Å². The number of fused-ring (bicyclic) bond motifs is 1. The van der Waals surface area contributed by atoms with Gasteiger partial charge in [0.25, 0.3) is 21.8 Å². The number of H-pyrrole nitrogens is 1. The third kappa shape index (κ3) is 11.4. The number of benzene rings is 2. The summed E-state index contributed by atoms with van der Waals surface area (Å²) in [6.07, 6.45) is 8.87. The number of halogens is 1. The van der Waals surface area contributed by atoms with Gasteiger partial charge in [0.2, 0.25) is 5.82 Å². The van der Waals surface area contributed by atoms with Crippen molar-refractivity contribution in [3.8, 4) is 17.4 Å². The highest BCUT2D eigenvalue weighted by Gasteiger charge is 2.50. The van der Waals surface area contributed by atoms with E-state index >= 15 is 0 Å². The normalized spacial score (nSPS) is 21.8. The SMILES string of the molecule is CCOc1nc2[nH]cc(F)c2cc1Oc1cc(N2CCC3(CC2)CC(N2CCN(CCOC)C[C@H]2c2ccccc2C(C)C)C3)ccc1C(=O)NS(=O)(=O)c1cnc(NCC2CCC(C)(O)CC2)c([N+](=O)[O-])c1. The molecule has 4 fully saturated rings. The number of methoxy groups -OCH3 is 1. The van der Waals surface area contributed by atoms with Crippen molar-refractivity contribution in [3.63, 3.8) is 0 Å². The number of piperidine rings is 1. The fourth-order valence-electron chi connectivity index (χ4n) is 11.4. The van der Waals surface area contributed by atoms with Crippen LogP contribution in [0.5, 0.6) is 17.4 Å². The summed E-state index contributed by atoms with van der Waals surface area (Å²) in [6, 6.07) is 16.8. The largest absolute Gasteiger partial charge is 0.475 e. The average Bonchev–Trinajstić information content (AvgIpc) is 3.72. The van der Waals surface area contributed by atoms with Crippen LogP contribution in [0.1, 0.15) is 113 Å². The molecule has 9 rings (SSSR count). The molecule has 20 heteroatoms. The summed E-state index contributed by atoms with van der Waals surface area (Å²) >= 11 is 0. The van der Waals surface area contributed by atoms with Crippen LogP contribution in [0, 0.1) is 27.3 Å². The summed E-state index contributed by atoms with van der Waals surface area (Å²) < 4.78 is 62.5. The molecule has 0 radical (unpaired) electrons. The lowest BCUT2D eigenvalue weighted by atomic mass is 9.59. The molecule has 4 N–H and O–H groups in total. The van der Waals surface area contributed by atoms with Crippen LogP contribution in [0.4, 0.5) is 21.6 Å². The second kappa shape index (κ2) is 21.5. The lowest BCUT2D eigenvalue weighted by molar-refractivity contribution is -0.384. The van der Waals surface area contributed by atoms with Crippen molar-refractivity contribution in [1.29, 1.82) is 0 Å². The van der Waals surface area contributed by atoms with E-state index in [9.17, 15) is 32.8 Å². The van der Waals surface area contributed by atoms with Crippen molar-refractivity contribution >= 4 is 44.2 Å². The molecule has 2 aromatic carbocycles. The van der Waals surface area contributed by atoms with Crippen LogP contribution in [0.3, 0.4) is 0 Å². The Bertz CT molecular complexity index is 2910. The Kier molecular flexibility index (Phi) is 15.3. The Balaban J connectivity index is 0.934. The Labute approximate surface area is 426 Å². The molecule has 2 saturated heterocycles. The molecule has 18 nitrogen and oxygen atoms in total. The predicted octanol–water partition coefficient (Wildman–Crippen LogP) is 8.55. The van der Waals surface area contributed by atoms with Crippen LogP contribution in [0.2, 0.25) is 0 Å². The van der Waals surface area contributed by atoms with Crippen LogP contribution >= 0.6 is 0 Å². The summed E-state index contributed by atoms with van der Waals surface area (Å²) in [7, 11) is -2.98. The number of pyridine rings is 2. The fourth-order valence-corrected chi connectivity index (χ4v) is 12.3. The number of piperazine rings is 1. The van der Waals surface area contributed by atoms with Gasteiger partial charge >= 0.3 is 5.69 Å². The Morgan fingerprint density at radius 2 is 1.79 bits per heavy atom. The number of hydrogen-bond acceptors (Lipinski definition) is 15. The molecule has 5 aromatic rings. The number of sulfonamides is 1. The molecule has 2 aliphatic heterocycles. The van der Waals surface area contributed by atoms with E-state index in [0.29, 0.717) is 56.8 Å². The average molecular weight is 1030 g/mol. The van der Waals surface area contributed by atoms with Gasteiger partial charge in [0.15, 0.2) is 5.75 Å². The number of nitro groups is 1. The predicted molar refractivity (Wildman–Crippen MR) is 276 cm³/mol. The quantitative estimate of drug-likeness (QED) is 0.0478. The van der Waals surface area contributed by atoms with Gasteiger partial charge in [-0.3, -0.25) is 24.7 Å². The van der Waals surface area contributed by atoms with Gasteiger partial charge in [0.1, 0.15) is 22.1 Å². The minimum Gasteiger partial charge on any atom is -0.475 e. The second-order valence-corrected chi connectivity index (χ2v) is 22.7. The Morgan fingerprint density at radius 3 is 2.51 bits per heavy atom. The van der Waals surface area contributed by atoms with Crippen LogP contribution < -0.4 is 24.4 Å². The summed E-state index contributed by atoms with van der Waals surface area (Å²) in [5, 5.41) is 25.7. The first-order valence-corrected chi connectivity index (χ1v) is 27.0. The number of aliphatic hydroxyl groups is 1. The first kappa shape index (κ1) is 52.0. The Hall–Kier alpha value is -5.93. The number of aromatic amines is 1. The van der Waals surface area contributed by atoms with Crippen LogP contribution in [-0.2, 0) is 14.8 Å². The highest BCUT2D eigenvalue weighted by molar-refractivity contribution is 7.90. The van der Waals surface area contributed by atoms with Gasteiger partial charge in [-0.15, -0.1) is 0 Å². The molecule has 392 valence electrons.